The molecule has 0 saturated heterocycles. The molecule has 0 aliphatic carbocycles. The van der Waals surface area contributed by atoms with E-state index in [0.717, 1.165) is 4.88 Å². The van der Waals surface area contributed by atoms with Crippen LogP contribution >= 0.6 is 22.9 Å². The van der Waals surface area contributed by atoms with Gasteiger partial charge in [-0.1, -0.05) is 25.4 Å². The van der Waals surface area contributed by atoms with Crippen molar-refractivity contribution in [2.75, 3.05) is 17.7 Å². The Morgan fingerprint density at radius 3 is 2.43 bits per heavy atom. The Labute approximate surface area is 142 Å². The number of rotatable bonds is 4. The number of carbonyl (C=O) groups is 2. The summed E-state index contributed by atoms with van der Waals surface area (Å²) in [7, 11) is 1.30. The fourth-order valence-corrected chi connectivity index (χ4v) is 2.89. The zero-order valence-corrected chi connectivity index (χ0v) is 14.4. The predicted octanol–water partition coefficient (Wildman–Crippen LogP) is 4.35. The maximum atomic E-state index is 12.0. The molecular formula is C15H16ClN3O3S. The summed E-state index contributed by atoms with van der Waals surface area (Å²) in [6.45, 7) is 3.88. The van der Waals surface area contributed by atoms with Gasteiger partial charge in [0.2, 0.25) is 0 Å². The molecule has 0 aliphatic rings. The van der Waals surface area contributed by atoms with Gasteiger partial charge < -0.3 is 10.1 Å². The molecule has 122 valence electrons. The maximum absolute atomic E-state index is 12.0. The number of methoxy groups -OCH3 is 1. The first-order chi connectivity index (χ1) is 10.9. The van der Waals surface area contributed by atoms with Gasteiger partial charge in [-0.05, 0) is 30.2 Å². The second kappa shape index (κ2) is 7.43. The minimum absolute atomic E-state index is 0.0940. The molecule has 6 nitrogen and oxygen atoms in total. The van der Waals surface area contributed by atoms with E-state index in [1.165, 1.54) is 18.4 Å². The Hall–Kier alpha value is -2.12. The number of nitrogens with one attached hydrogen (secondary N) is 2. The Morgan fingerprint density at radius 1 is 1.22 bits per heavy atom. The molecule has 0 fully saturated rings. The van der Waals surface area contributed by atoms with Crippen molar-refractivity contribution >= 4 is 45.8 Å². The summed E-state index contributed by atoms with van der Waals surface area (Å²) >= 11 is 7.04. The van der Waals surface area contributed by atoms with E-state index < -0.39 is 12.0 Å². The molecule has 2 aromatic rings. The number of carbonyl (C=O) groups excluding carboxylic acids is 2. The van der Waals surface area contributed by atoms with Gasteiger partial charge in [0, 0.05) is 15.6 Å². The van der Waals surface area contributed by atoms with Crippen LogP contribution in [0.2, 0.25) is 5.02 Å². The molecule has 2 N–H and O–H groups in total. The first-order valence-electron chi connectivity index (χ1n) is 6.83. The lowest BCUT2D eigenvalue weighted by atomic mass is 10.1. The molecule has 1 heterocycles. The highest BCUT2D eigenvalue weighted by Crippen LogP contribution is 2.30. The van der Waals surface area contributed by atoms with Crippen molar-refractivity contribution in [2.45, 2.75) is 19.8 Å². The third kappa shape index (κ3) is 4.43. The number of nitrogens with zero attached hydrogens (tertiary/aromatic N) is 1. The number of ether oxygens (including phenoxy) is 1. The average molecular weight is 354 g/mol. The fraction of sp³-hybridized carbons (Fsp3) is 0.267. The van der Waals surface area contributed by atoms with E-state index in [9.17, 15) is 9.59 Å². The summed E-state index contributed by atoms with van der Waals surface area (Å²) in [5.74, 6) is -0.424. The van der Waals surface area contributed by atoms with Crippen molar-refractivity contribution in [1.29, 1.82) is 0 Å². The summed E-state index contributed by atoms with van der Waals surface area (Å²) in [5, 5.41) is 6.19. The molecule has 0 radical (unpaired) electrons. The van der Waals surface area contributed by atoms with Crippen molar-refractivity contribution < 1.29 is 14.3 Å². The SMILES string of the molecule is COC(=O)c1nc(NC(=O)Nc2ccc(Cl)cc2)sc1C(C)C. The van der Waals surface area contributed by atoms with E-state index in [4.69, 9.17) is 16.3 Å². The van der Waals surface area contributed by atoms with Gasteiger partial charge in [0.15, 0.2) is 10.8 Å². The summed E-state index contributed by atoms with van der Waals surface area (Å²) < 4.78 is 4.72. The van der Waals surface area contributed by atoms with E-state index in [1.807, 2.05) is 13.8 Å². The van der Waals surface area contributed by atoms with Crippen LogP contribution in [0.15, 0.2) is 24.3 Å². The number of aromatic nitrogens is 1. The summed E-state index contributed by atoms with van der Waals surface area (Å²) in [5.41, 5.74) is 0.829. The largest absolute Gasteiger partial charge is 0.464 e. The number of halogens is 1. The van der Waals surface area contributed by atoms with Crippen molar-refractivity contribution in [3.63, 3.8) is 0 Å². The van der Waals surface area contributed by atoms with Crippen LogP contribution in [0.4, 0.5) is 15.6 Å². The van der Waals surface area contributed by atoms with Crippen molar-refractivity contribution in [1.82, 2.24) is 4.98 Å². The first kappa shape index (κ1) is 17.2. The normalized spacial score (nSPS) is 10.5. The van der Waals surface area contributed by atoms with E-state index >= 15 is 0 Å². The standard InChI is InChI=1S/C15H16ClN3O3S/c1-8(2)12-11(13(20)22-3)18-15(23-12)19-14(21)17-10-6-4-9(16)5-7-10/h4-8H,1-3H3,(H2,17,18,19,21). The van der Waals surface area contributed by atoms with Crippen LogP contribution in [0.1, 0.15) is 35.1 Å². The van der Waals surface area contributed by atoms with E-state index in [1.54, 1.807) is 24.3 Å². The number of esters is 1. The Morgan fingerprint density at radius 2 is 1.87 bits per heavy atom. The van der Waals surface area contributed by atoms with Gasteiger partial charge in [0.1, 0.15) is 0 Å². The molecule has 0 aliphatic heterocycles. The lowest BCUT2D eigenvalue weighted by Crippen LogP contribution is -2.19. The predicted molar refractivity (Wildman–Crippen MR) is 91.6 cm³/mol. The quantitative estimate of drug-likeness (QED) is 0.801. The van der Waals surface area contributed by atoms with Gasteiger partial charge in [0.25, 0.3) is 0 Å². The molecule has 2 rings (SSSR count). The van der Waals surface area contributed by atoms with Gasteiger partial charge in [-0.25, -0.2) is 14.6 Å². The number of urea groups is 1. The molecule has 0 bridgehead atoms. The number of hydrogen-bond donors (Lipinski definition) is 2. The van der Waals surface area contributed by atoms with Gasteiger partial charge in [0.05, 0.1) is 7.11 Å². The molecule has 0 atom stereocenters. The van der Waals surface area contributed by atoms with Crippen LogP contribution in [0, 0.1) is 0 Å². The fourth-order valence-electron chi connectivity index (χ4n) is 1.81. The maximum Gasteiger partial charge on any atom is 0.357 e. The van der Waals surface area contributed by atoms with Crippen LogP contribution in [-0.4, -0.2) is 24.1 Å². The monoisotopic (exact) mass is 353 g/mol. The van der Waals surface area contributed by atoms with Crippen LogP contribution < -0.4 is 10.6 Å². The van der Waals surface area contributed by atoms with E-state index in [-0.39, 0.29) is 11.6 Å². The Balaban J connectivity index is 2.11. The van der Waals surface area contributed by atoms with Gasteiger partial charge in [-0.15, -0.1) is 11.3 Å². The smallest absolute Gasteiger partial charge is 0.357 e. The van der Waals surface area contributed by atoms with Crippen LogP contribution in [0.5, 0.6) is 0 Å². The minimum Gasteiger partial charge on any atom is -0.464 e. The molecule has 0 spiro atoms. The lowest BCUT2D eigenvalue weighted by Gasteiger charge is -2.05. The highest BCUT2D eigenvalue weighted by atomic mass is 35.5. The number of benzene rings is 1. The number of hydrogen-bond acceptors (Lipinski definition) is 5. The summed E-state index contributed by atoms with van der Waals surface area (Å²) in [6.07, 6.45) is 0. The Kier molecular flexibility index (Phi) is 5.57. The van der Waals surface area contributed by atoms with Crippen molar-refractivity contribution in [3.8, 4) is 0 Å². The minimum atomic E-state index is -0.517. The molecule has 1 aromatic heterocycles. The number of amides is 2. The van der Waals surface area contributed by atoms with Crippen molar-refractivity contribution in [3.05, 3.63) is 39.9 Å². The second-order valence-corrected chi connectivity index (χ2v) is 6.43. The zero-order chi connectivity index (χ0) is 17.0. The molecule has 2 amide bonds. The topological polar surface area (TPSA) is 80.3 Å². The van der Waals surface area contributed by atoms with E-state index in [2.05, 4.69) is 15.6 Å². The van der Waals surface area contributed by atoms with E-state index in [0.29, 0.717) is 15.8 Å². The van der Waals surface area contributed by atoms with Crippen LogP contribution in [0.3, 0.4) is 0 Å². The number of thiazole rings is 1. The molecular weight excluding hydrogens is 338 g/mol. The third-order valence-corrected chi connectivity index (χ3v) is 4.40. The molecule has 1 aromatic carbocycles. The van der Waals surface area contributed by atoms with Gasteiger partial charge >= 0.3 is 12.0 Å². The zero-order valence-electron chi connectivity index (χ0n) is 12.8. The lowest BCUT2D eigenvalue weighted by molar-refractivity contribution is 0.0593. The first-order valence-corrected chi connectivity index (χ1v) is 8.02. The Bertz CT molecular complexity index is 713. The molecule has 8 heteroatoms. The van der Waals surface area contributed by atoms with Gasteiger partial charge in [-0.3, -0.25) is 5.32 Å². The molecule has 23 heavy (non-hydrogen) atoms. The average Bonchev–Trinajstić information content (AvgIpc) is 2.92. The molecule has 0 unspecified atom stereocenters. The van der Waals surface area contributed by atoms with Crippen LogP contribution in [0.25, 0.3) is 0 Å². The van der Waals surface area contributed by atoms with Crippen LogP contribution in [-0.2, 0) is 4.74 Å². The van der Waals surface area contributed by atoms with Gasteiger partial charge in [-0.2, -0.15) is 0 Å². The summed E-state index contributed by atoms with van der Waals surface area (Å²) in [6, 6.07) is 6.26. The summed E-state index contributed by atoms with van der Waals surface area (Å²) in [4.78, 5) is 28.6. The number of anilines is 2. The van der Waals surface area contributed by atoms with Crippen molar-refractivity contribution in [2.24, 2.45) is 0 Å². The second-order valence-electron chi connectivity index (χ2n) is 4.96. The highest BCUT2D eigenvalue weighted by molar-refractivity contribution is 7.16. The highest BCUT2D eigenvalue weighted by Gasteiger charge is 2.21. The third-order valence-electron chi connectivity index (χ3n) is 2.88. The molecule has 0 saturated carbocycles.